The van der Waals surface area contributed by atoms with Gasteiger partial charge < -0.3 is 20.3 Å². The van der Waals surface area contributed by atoms with Crippen molar-refractivity contribution in [2.75, 3.05) is 31.1 Å². The van der Waals surface area contributed by atoms with E-state index < -0.39 is 0 Å². The molecule has 1 atom stereocenters. The third-order valence-electron chi connectivity index (χ3n) is 5.62. The van der Waals surface area contributed by atoms with Crippen LogP contribution in [0.15, 0.2) is 35.4 Å². The highest BCUT2D eigenvalue weighted by molar-refractivity contribution is 5.95. The molecule has 1 amide bonds. The number of amides is 1. The van der Waals surface area contributed by atoms with Gasteiger partial charge in [-0.1, -0.05) is 0 Å². The number of piperidine rings is 1. The van der Waals surface area contributed by atoms with Crippen molar-refractivity contribution in [1.82, 2.24) is 24.1 Å². The molecule has 5 heterocycles. The standard InChI is InChI=1S/C20H23N7O3/c1-24-20(29)27-6-4-15(10-17(27)23-24)26-7-8-30-16-9-13(11-22-18(16)26)19(28)25-5-2-3-14(21)12-25/h4,6,9-11,14H,2-3,5,7-8,12,21H2,1H3. The first-order valence-electron chi connectivity index (χ1n) is 10.0. The van der Waals surface area contributed by atoms with Crippen LogP contribution in [0.1, 0.15) is 23.2 Å². The van der Waals surface area contributed by atoms with Gasteiger partial charge in [0.2, 0.25) is 0 Å². The van der Waals surface area contributed by atoms with Crippen molar-refractivity contribution in [2.24, 2.45) is 12.8 Å². The molecule has 156 valence electrons. The first kappa shape index (κ1) is 18.6. The Morgan fingerprint density at radius 2 is 2.17 bits per heavy atom. The molecule has 30 heavy (non-hydrogen) atoms. The summed E-state index contributed by atoms with van der Waals surface area (Å²) in [7, 11) is 1.62. The molecule has 3 aromatic heterocycles. The van der Waals surface area contributed by atoms with Gasteiger partial charge in [-0.15, -0.1) is 0 Å². The summed E-state index contributed by atoms with van der Waals surface area (Å²) in [6.45, 7) is 2.33. The van der Waals surface area contributed by atoms with Crippen LogP contribution < -0.4 is 21.1 Å². The van der Waals surface area contributed by atoms with Crippen LogP contribution in [0, 0.1) is 0 Å². The van der Waals surface area contributed by atoms with Crippen molar-refractivity contribution in [3.05, 3.63) is 46.6 Å². The van der Waals surface area contributed by atoms with Gasteiger partial charge in [0.1, 0.15) is 6.61 Å². The van der Waals surface area contributed by atoms with E-state index in [2.05, 4.69) is 10.1 Å². The average molecular weight is 409 g/mol. The van der Waals surface area contributed by atoms with E-state index in [1.165, 1.54) is 9.08 Å². The molecule has 5 rings (SSSR count). The summed E-state index contributed by atoms with van der Waals surface area (Å²) in [6, 6.07) is 5.46. The van der Waals surface area contributed by atoms with Crippen molar-refractivity contribution in [2.45, 2.75) is 18.9 Å². The summed E-state index contributed by atoms with van der Waals surface area (Å²) in [4.78, 5) is 33.3. The highest BCUT2D eigenvalue weighted by atomic mass is 16.5. The second-order valence-electron chi connectivity index (χ2n) is 7.72. The fourth-order valence-electron chi connectivity index (χ4n) is 4.08. The van der Waals surface area contributed by atoms with E-state index in [9.17, 15) is 9.59 Å². The topological polar surface area (TPSA) is 111 Å². The molecule has 2 aliphatic heterocycles. The van der Waals surface area contributed by atoms with E-state index in [-0.39, 0.29) is 17.6 Å². The summed E-state index contributed by atoms with van der Waals surface area (Å²) in [5.74, 6) is 1.12. The van der Waals surface area contributed by atoms with Gasteiger partial charge in [-0.3, -0.25) is 9.20 Å². The number of aromatic nitrogens is 4. The molecule has 0 aliphatic carbocycles. The molecule has 3 aromatic rings. The number of likely N-dealkylation sites (tertiary alicyclic amines) is 1. The van der Waals surface area contributed by atoms with Crippen molar-refractivity contribution in [3.8, 4) is 5.75 Å². The monoisotopic (exact) mass is 409 g/mol. The highest BCUT2D eigenvalue weighted by Gasteiger charge is 2.26. The van der Waals surface area contributed by atoms with E-state index in [1.807, 2.05) is 17.0 Å². The third-order valence-corrected chi connectivity index (χ3v) is 5.62. The van der Waals surface area contributed by atoms with Gasteiger partial charge in [-0.05, 0) is 25.0 Å². The zero-order valence-corrected chi connectivity index (χ0v) is 16.7. The maximum Gasteiger partial charge on any atom is 0.350 e. The zero-order chi connectivity index (χ0) is 20.8. The number of hydrogen-bond acceptors (Lipinski definition) is 7. The summed E-state index contributed by atoms with van der Waals surface area (Å²) in [5.41, 5.74) is 7.73. The fraction of sp³-hybridized carbons (Fsp3) is 0.400. The van der Waals surface area contributed by atoms with Crippen molar-refractivity contribution >= 4 is 23.1 Å². The first-order valence-corrected chi connectivity index (χ1v) is 10.0. The molecule has 1 fully saturated rings. The van der Waals surface area contributed by atoms with Crippen LogP contribution in [0.25, 0.3) is 5.65 Å². The number of ether oxygens (including phenoxy) is 1. The molecule has 10 nitrogen and oxygen atoms in total. The van der Waals surface area contributed by atoms with Gasteiger partial charge >= 0.3 is 5.69 Å². The number of anilines is 2. The molecule has 0 bridgehead atoms. The quantitative estimate of drug-likeness (QED) is 0.657. The summed E-state index contributed by atoms with van der Waals surface area (Å²) in [6.07, 6.45) is 5.14. The highest BCUT2D eigenvalue weighted by Crippen LogP contribution is 2.35. The Morgan fingerprint density at radius 3 is 3.00 bits per heavy atom. The molecule has 10 heteroatoms. The molecule has 0 aromatic carbocycles. The van der Waals surface area contributed by atoms with Crippen molar-refractivity contribution in [1.29, 1.82) is 0 Å². The largest absolute Gasteiger partial charge is 0.488 e. The van der Waals surface area contributed by atoms with Crippen molar-refractivity contribution < 1.29 is 9.53 Å². The van der Waals surface area contributed by atoms with Crippen LogP contribution >= 0.6 is 0 Å². The lowest BCUT2D eigenvalue weighted by atomic mass is 10.1. The van der Waals surface area contributed by atoms with E-state index in [0.29, 0.717) is 49.0 Å². The van der Waals surface area contributed by atoms with Crippen LogP contribution in [-0.4, -0.2) is 62.3 Å². The number of rotatable bonds is 2. The maximum absolute atomic E-state index is 12.9. The minimum atomic E-state index is -0.197. The minimum Gasteiger partial charge on any atom is -0.488 e. The van der Waals surface area contributed by atoms with Crippen LogP contribution in [0.3, 0.4) is 0 Å². The zero-order valence-electron chi connectivity index (χ0n) is 16.7. The van der Waals surface area contributed by atoms with Gasteiger partial charge in [0, 0.05) is 50.3 Å². The van der Waals surface area contributed by atoms with Crippen LogP contribution in [0.4, 0.5) is 11.5 Å². The lowest BCUT2D eigenvalue weighted by Gasteiger charge is -2.32. The number of aryl methyl sites for hydroxylation is 1. The minimum absolute atomic E-state index is 0.0223. The Bertz CT molecular complexity index is 1180. The fourth-order valence-corrected chi connectivity index (χ4v) is 4.08. The number of hydrogen-bond donors (Lipinski definition) is 1. The second-order valence-corrected chi connectivity index (χ2v) is 7.72. The predicted octanol–water partition coefficient (Wildman–Crippen LogP) is 0.522. The van der Waals surface area contributed by atoms with E-state index >= 15 is 0 Å². The number of pyridine rings is 2. The Morgan fingerprint density at radius 1 is 1.30 bits per heavy atom. The number of fused-ring (bicyclic) bond motifs is 2. The Kier molecular flexibility index (Phi) is 4.43. The molecule has 0 spiro atoms. The van der Waals surface area contributed by atoms with Gasteiger partial charge in [-0.25, -0.2) is 14.5 Å². The molecular weight excluding hydrogens is 386 g/mol. The SMILES string of the molecule is Cn1nc2cc(N3CCOc4cc(C(=O)N5CCCC(N)C5)cnc43)ccn2c1=O. The lowest BCUT2D eigenvalue weighted by Crippen LogP contribution is -2.45. The van der Waals surface area contributed by atoms with E-state index in [4.69, 9.17) is 10.5 Å². The first-order chi connectivity index (χ1) is 14.5. The second kappa shape index (κ2) is 7.13. The smallest absolute Gasteiger partial charge is 0.350 e. The molecule has 0 radical (unpaired) electrons. The number of carbonyl (C=O) groups is 1. The number of carbonyl (C=O) groups excluding carboxylic acids is 1. The van der Waals surface area contributed by atoms with Crippen LogP contribution in [-0.2, 0) is 7.05 Å². The molecule has 0 saturated carbocycles. The third kappa shape index (κ3) is 3.09. The van der Waals surface area contributed by atoms with Gasteiger partial charge in [-0.2, -0.15) is 5.10 Å². The number of nitrogens with zero attached hydrogens (tertiary/aromatic N) is 6. The Hall–Kier alpha value is -3.40. The van der Waals surface area contributed by atoms with Crippen molar-refractivity contribution in [3.63, 3.8) is 0 Å². The average Bonchev–Trinajstić information content (AvgIpc) is 3.05. The summed E-state index contributed by atoms with van der Waals surface area (Å²) < 4.78 is 8.60. The van der Waals surface area contributed by atoms with Gasteiger partial charge in [0.15, 0.2) is 17.2 Å². The number of nitrogens with two attached hydrogens (primary N) is 1. The molecule has 1 saturated heterocycles. The molecule has 1 unspecified atom stereocenters. The molecule has 2 N–H and O–H groups in total. The Balaban J connectivity index is 1.46. The Labute approximate surface area is 172 Å². The normalized spacial score (nSPS) is 18.9. The van der Waals surface area contributed by atoms with Crippen LogP contribution in [0.5, 0.6) is 5.75 Å². The van der Waals surface area contributed by atoms with E-state index in [1.54, 1.807) is 30.4 Å². The lowest BCUT2D eigenvalue weighted by molar-refractivity contribution is 0.0708. The summed E-state index contributed by atoms with van der Waals surface area (Å²) in [5, 5.41) is 4.25. The van der Waals surface area contributed by atoms with E-state index in [0.717, 1.165) is 18.5 Å². The van der Waals surface area contributed by atoms with Crippen LogP contribution in [0.2, 0.25) is 0 Å². The molecule has 2 aliphatic rings. The summed E-state index contributed by atoms with van der Waals surface area (Å²) >= 11 is 0. The van der Waals surface area contributed by atoms with Gasteiger partial charge in [0.25, 0.3) is 5.91 Å². The van der Waals surface area contributed by atoms with Gasteiger partial charge in [0.05, 0.1) is 12.1 Å². The maximum atomic E-state index is 12.9. The predicted molar refractivity (Wildman–Crippen MR) is 110 cm³/mol. The molecular formula is C20H23N7O3.